The van der Waals surface area contributed by atoms with Crippen molar-refractivity contribution in [2.24, 2.45) is 0 Å². The van der Waals surface area contributed by atoms with E-state index in [4.69, 9.17) is 4.98 Å². The monoisotopic (exact) mass is 415 g/mol. The van der Waals surface area contributed by atoms with Gasteiger partial charge in [-0.1, -0.05) is 31.2 Å². The van der Waals surface area contributed by atoms with Crippen LogP contribution in [0.5, 0.6) is 0 Å². The number of pyridine rings is 1. The molecular weight excluding hydrogens is 394 g/mol. The molecule has 4 aromatic heterocycles. The summed E-state index contributed by atoms with van der Waals surface area (Å²) in [7, 11) is 0. The summed E-state index contributed by atoms with van der Waals surface area (Å²) in [6, 6.07) is 12.8. The summed E-state index contributed by atoms with van der Waals surface area (Å²) < 4.78 is 2.25. The number of aromatic nitrogens is 7. The van der Waals surface area contributed by atoms with E-state index in [1.54, 1.807) is 11.3 Å². The van der Waals surface area contributed by atoms with Crippen LogP contribution in [0.1, 0.15) is 30.3 Å². The van der Waals surface area contributed by atoms with Gasteiger partial charge in [-0.15, -0.1) is 21.5 Å². The van der Waals surface area contributed by atoms with Gasteiger partial charge >= 0.3 is 0 Å². The number of hydrogen-bond acceptors (Lipinski definition) is 6. The van der Waals surface area contributed by atoms with Crippen LogP contribution < -0.4 is 0 Å². The Morgan fingerprint density at radius 1 is 1.10 bits per heavy atom. The summed E-state index contributed by atoms with van der Waals surface area (Å²) in [6.45, 7) is 5.03. The minimum absolute atomic E-state index is 0.625. The molecule has 0 radical (unpaired) electrons. The van der Waals surface area contributed by atoms with Crippen LogP contribution in [0.25, 0.3) is 33.0 Å². The highest BCUT2D eigenvalue weighted by atomic mass is 32.1. The Bertz CT molecular complexity index is 1280. The molecule has 1 N–H and O–H groups in total. The number of tetrazole rings is 1. The maximum Gasteiger partial charge on any atom is 0.215 e. The molecule has 0 saturated heterocycles. The number of thiophene rings is 1. The summed E-state index contributed by atoms with van der Waals surface area (Å²) in [6.07, 6.45) is 3.86. The minimum Gasteiger partial charge on any atom is -0.308 e. The number of imidazole rings is 1. The second-order valence-corrected chi connectivity index (χ2v) is 8.18. The lowest BCUT2D eigenvalue weighted by Gasteiger charge is -2.09. The number of H-pyrrole nitrogens is 1. The molecule has 5 aromatic rings. The van der Waals surface area contributed by atoms with Crippen molar-refractivity contribution in [1.29, 1.82) is 0 Å². The van der Waals surface area contributed by atoms with Crippen molar-refractivity contribution in [2.75, 3.05) is 0 Å². The predicted molar refractivity (Wildman–Crippen MR) is 118 cm³/mol. The first kappa shape index (κ1) is 18.6. The highest BCUT2D eigenvalue weighted by Crippen LogP contribution is 2.34. The van der Waals surface area contributed by atoms with E-state index in [9.17, 15) is 0 Å². The molecule has 0 fully saturated rings. The highest BCUT2D eigenvalue weighted by molar-refractivity contribution is 7.14. The smallest absolute Gasteiger partial charge is 0.215 e. The molecule has 8 heteroatoms. The standard InChI is InChI=1S/C22H21N7S/c1-3-4-18-24-19-14(2)9-11-23-22(19)29(18)13-15-5-7-16(8-6-15)17-10-12-30-20(17)21-25-27-28-26-21/h5-12H,3-4,13H2,1-2H3,(H,25,26,27,28). The summed E-state index contributed by atoms with van der Waals surface area (Å²) in [5.74, 6) is 1.72. The summed E-state index contributed by atoms with van der Waals surface area (Å²) >= 11 is 1.61. The van der Waals surface area contributed by atoms with Crippen LogP contribution >= 0.6 is 11.3 Å². The first-order valence-corrected chi connectivity index (χ1v) is 10.8. The van der Waals surface area contributed by atoms with Crippen LogP contribution in [0.3, 0.4) is 0 Å². The van der Waals surface area contributed by atoms with Gasteiger partial charge in [0.25, 0.3) is 0 Å². The third-order valence-corrected chi connectivity index (χ3v) is 6.12. The molecule has 150 valence electrons. The zero-order chi connectivity index (χ0) is 20.5. The van der Waals surface area contributed by atoms with E-state index in [1.807, 2.05) is 12.3 Å². The fraction of sp³-hybridized carbons (Fsp3) is 0.227. The van der Waals surface area contributed by atoms with Crippen molar-refractivity contribution < 1.29 is 0 Å². The molecule has 0 spiro atoms. The first-order valence-electron chi connectivity index (χ1n) is 9.96. The van der Waals surface area contributed by atoms with E-state index in [-0.39, 0.29) is 0 Å². The number of fused-ring (bicyclic) bond motifs is 1. The molecule has 0 unspecified atom stereocenters. The van der Waals surface area contributed by atoms with Gasteiger partial charge in [-0.25, -0.2) is 9.97 Å². The Labute approximate surface area is 177 Å². The van der Waals surface area contributed by atoms with Crippen LogP contribution in [0.2, 0.25) is 0 Å². The number of benzene rings is 1. The van der Waals surface area contributed by atoms with Crippen molar-refractivity contribution >= 4 is 22.5 Å². The summed E-state index contributed by atoms with van der Waals surface area (Å²) in [4.78, 5) is 10.5. The lowest BCUT2D eigenvalue weighted by molar-refractivity contribution is 0.717. The van der Waals surface area contributed by atoms with Crippen LogP contribution in [0.4, 0.5) is 0 Å². The van der Waals surface area contributed by atoms with Gasteiger partial charge in [0.05, 0.1) is 11.4 Å². The fourth-order valence-electron chi connectivity index (χ4n) is 3.70. The van der Waals surface area contributed by atoms with E-state index in [0.717, 1.165) is 57.9 Å². The molecule has 0 aliphatic carbocycles. The molecule has 0 amide bonds. The zero-order valence-electron chi connectivity index (χ0n) is 16.8. The second-order valence-electron chi connectivity index (χ2n) is 7.26. The predicted octanol–water partition coefficient (Wildman–Crippen LogP) is 4.65. The van der Waals surface area contributed by atoms with E-state index in [0.29, 0.717) is 5.82 Å². The largest absolute Gasteiger partial charge is 0.308 e. The maximum absolute atomic E-state index is 4.88. The van der Waals surface area contributed by atoms with Crippen LogP contribution in [0.15, 0.2) is 48.0 Å². The number of nitrogens with zero attached hydrogens (tertiary/aromatic N) is 6. The van der Waals surface area contributed by atoms with Gasteiger partial charge in [-0.05, 0) is 52.8 Å². The number of aryl methyl sites for hydroxylation is 2. The molecule has 0 saturated carbocycles. The molecular formula is C22H21N7S. The van der Waals surface area contributed by atoms with Crippen molar-refractivity contribution in [3.63, 3.8) is 0 Å². The van der Waals surface area contributed by atoms with E-state index in [1.165, 1.54) is 5.56 Å². The highest BCUT2D eigenvalue weighted by Gasteiger charge is 2.15. The molecule has 1 aromatic carbocycles. The Morgan fingerprint density at radius 3 is 2.73 bits per heavy atom. The summed E-state index contributed by atoms with van der Waals surface area (Å²) in [5.41, 5.74) is 6.59. The zero-order valence-corrected chi connectivity index (χ0v) is 17.6. The topological polar surface area (TPSA) is 85.2 Å². The molecule has 0 aliphatic rings. The van der Waals surface area contributed by atoms with Crippen LogP contribution in [0, 0.1) is 6.92 Å². The molecule has 5 rings (SSSR count). The third-order valence-electron chi connectivity index (χ3n) is 5.21. The molecule has 4 heterocycles. The number of aromatic amines is 1. The Kier molecular flexibility index (Phi) is 4.84. The van der Waals surface area contributed by atoms with E-state index in [2.05, 4.69) is 79.7 Å². The van der Waals surface area contributed by atoms with Gasteiger partial charge < -0.3 is 4.57 Å². The van der Waals surface area contributed by atoms with Gasteiger partial charge in [0.1, 0.15) is 11.3 Å². The lowest BCUT2D eigenvalue weighted by atomic mass is 10.0. The first-order chi connectivity index (χ1) is 14.7. The summed E-state index contributed by atoms with van der Waals surface area (Å²) in [5, 5.41) is 16.5. The quantitative estimate of drug-likeness (QED) is 0.436. The van der Waals surface area contributed by atoms with Gasteiger partial charge in [0.15, 0.2) is 5.65 Å². The van der Waals surface area contributed by atoms with Crippen molar-refractivity contribution in [3.05, 3.63) is 64.9 Å². The van der Waals surface area contributed by atoms with Gasteiger partial charge in [0.2, 0.25) is 5.82 Å². The average Bonchev–Trinajstić information content (AvgIpc) is 3.50. The number of nitrogens with one attached hydrogen (secondary N) is 1. The Morgan fingerprint density at radius 2 is 1.97 bits per heavy atom. The van der Waals surface area contributed by atoms with Crippen LogP contribution in [-0.4, -0.2) is 35.2 Å². The van der Waals surface area contributed by atoms with Crippen molar-refractivity contribution in [2.45, 2.75) is 33.2 Å². The number of rotatable bonds is 6. The van der Waals surface area contributed by atoms with E-state index >= 15 is 0 Å². The SMILES string of the molecule is CCCc1nc2c(C)ccnc2n1Cc1ccc(-c2ccsc2-c2nn[nH]n2)cc1. The second kappa shape index (κ2) is 7.79. The normalized spacial score (nSPS) is 11.4. The Hall–Kier alpha value is -3.39. The van der Waals surface area contributed by atoms with Crippen LogP contribution in [-0.2, 0) is 13.0 Å². The van der Waals surface area contributed by atoms with Crippen molar-refractivity contribution in [1.82, 2.24) is 35.2 Å². The molecule has 0 atom stereocenters. The average molecular weight is 416 g/mol. The minimum atomic E-state index is 0.625. The molecule has 7 nitrogen and oxygen atoms in total. The van der Waals surface area contributed by atoms with Gasteiger partial charge in [-0.2, -0.15) is 5.21 Å². The fourth-order valence-corrected chi connectivity index (χ4v) is 4.55. The maximum atomic E-state index is 4.88. The third kappa shape index (κ3) is 3.29. The van der Waals surface area contributed by atoms with Gasteiger partial charge in [0, 0.05) is 18.2 Å². The molecule has 30 heavy (non-hydrogen) atoms. The van der Waals surface area contributed by atoms with E-state index < -0.39 is 0 Å². The molecule has 0 aliphatic heterocycles. The Balaban J connectivity index is 1.48. The van der Waals surface area contributed by atoms with Gasteiger partial charge in [-0.3, -0.25) is 0 Å². The lowest BCUT2D eigenvalue weighted by Crippen LogP contribution is -2.06. The molecule has 0 bridgehead atoms. The van der Waals surface area contributed by atoms with Crippen molar-refractivity contribution in [3.8, 4) is 21.8 Å². The number of hydrogen-bond donors (Lipinski definition) is 1.